The van der Waals surface area contributed by atoms with Crippen LogP contribution in [0.1, 0.15) is 63.4 Å². The fourth-order valence-electron chi connectivity index (χ4n) is 5.53. The summed E-state index contributed by atoms with van der Waals surface area (Å²) in [6.07, 6.45) is 9.76. The molecule has 0 saturated heterocycles. The van der Waals surface area contributed by atoms with Gasteiger partial charge in [-0.2, -0.15) is 0 Å². The Hall–Kier alpha value is -1.59. The first-order valence-electron chi connectivity index (χ1n) is 11.0. The second-order valence-corrected chi connectivity index (χ2v) is 9.09. The van der Waals surface area contributed by atoms with Crippen molar-refractivity contribution in [3.63, 3.8) is 0 Å². The molecular formula is C23H34ClN3O2. The van der Waals surface area contributed by atoms with Gasteiger partial charge in [0, 0.05) is 30.1 Å². The maximum atomic E-state index is 12.7. The number of nitrogens with two attached hydrogens (primary N) is 1. The Morgan fingerprint density at radius 3 is 2.31 bits per heavy atom. The minimum absolute atomic E-state index is 0. The van der Waals surface area contributed by atoms with Crippen LogP contribution in [0, 0.1) is 23.7 Å². The Bertz CT molecular complexity index is 706. The Labute approximate surface area is 180 Å². The van der Waals surface area contributed by atoms with Crippen LogP contribution in [-0.2, 0) is 16.1 Å². The van der Waals surface area contributed by atoms with E-state index in [0.29, 0.717) is 18.4 Å². The fraction of sp³-hybridized carbons (Fsp3) is 0.652. The van der Waals surface area contributed by atoms with Crippen molar-refractivity contribution in [3.8, 4) is 0 Å². The molecule has 3 aliphatic carbocycles. The summed E-state index contributed by atoms with van der Waals surface area (Å²) in [5.41, 5.74) is 8.19. The summed E-state index contributed by atoms with van der Waals surface area (Å²) in [6, 6.07) is 8.12. The summed E-state index contributed by atoms with van der Waals surface area (Å²) < 4.78 is 0. The van der Waals surface area contributed by atoms with E-state index in [9.17, 15) is 9.59 Å². The highest BCUT2D eigenvalue weighted by atomic mass is 35.5. The van der Waals surface area contributed by atoms with Crippen LogP contribution in [0.25, 0.3) is 0 Å². The van der Waals surface area contributed by atoms with E-state index in [2.05, 4.69) is 10.6 Å². The zero-order chi connectivity index (χ0) is 19.5. The lowest BCUT2D eigenvalue weighted by atomic mass is 9.65. The molecule has 1 aromatic carbocycles. The number of hydrogen-bond acceptors (Lipinski definition) is 3. The number of halogens is 1. The van der Waals surface area contributed by atoms with Gasteiger partial charge in [-0.25, -0.2) is 0 Å². The molecule has 3 saturated carbocycles. The van der Waals surface area contributed by atoms with Gasteiger partial charge in [-0.15, -0.1) is 12.4 Å². The summed E-state index contributed by atoms with van der Waals surface area (Å²) in [5.74, 6) is 1.56. The lowest BCUT2D eigenvalue weighted by molar-refractivity contribution is -0.128. The molecule has 0 aromatic heterocycles. The van der Waals surface area contributed by atoms with Gasteiger partial charge < -0.3 is 16.4 Å². The molecule has 160 valence electrons. The van der Waals surface area contributed by atoms with Gasteiger partial charge in [-0.1, -0.05) is 31.4 Å². The third-order valence-corrected chi connectivity index (χ3v) is 7.17. The van der Waals surface area contributed by atoms with Crippen LogP contribution in [0.5, 0.6) is 0 Å². The molecule has 2 amide bonds. The van der Waals surface area contributed by atoms with Crippen molar-refractivity contribution in [1.82, 2.24) is 5.32 Å². The maximum Gasteiger partial charge on any atom is 0.227 e. The molecule has 2 atom stereocenters. The highest BCUT2D eigenvalue weighted by Crippen LogP contribution is 2.41. The van der Waals surface area contributed by atoms with Crippen molar-refractivity contribution in [2.24, 2.45) is 29.4 Å². The van der Waals surface area contributed by atoms with E-state index in [1.54, 1.807) is 0 Å². The van der Waals surface area contributed by atoms with E-state index < -0.39 is 0 Å². The molecule has 2 bridgehead atoms. The van der Waals surface area contributed by atoms with Crippen molar-refractivity contribution < 1.29 is 9.59 Å². The van der Waals surface area contributed by atoms with Gasteiger partial charge in [0.25, 0.3) is 0 Å². The first-order valence-corrected chi connectivity index (χ1v) is 11.0. The number of fused-ring (bicyclic) bond motifs is 2. The minimum Gasteiger partial charge on any atom is -0.352 e. The van der Waals surface area contributed by atoms with Crippen molar-refractivity contribution in [2.75, 3.05) is 5.32 Å². The van der Waals surface area contributed by atoms with Crippen LogP contribution in [0.2, 0.25) is 0 Å². The monoisotopic (exact) mass is 419 g/mol. The van der Waals surface area contributed by atoms with E-state index in [1.165, 1.54) is 19.3 Å². The van der Waals surface area contributed by atoms with Crippen LogP contribution in [0.15, 0.2) is 24.3 Å². The summed E-state index contributed by atoms with van der Waals surface area (Å²) in [6.45, 7) is 0.504. The molecule has 2 unspecified atom stereocenters. The van der Waals surface area contributed by atoms with Crippen LogP contribution in [0.4, 0.5) is 5.69 Å². The maximum absolute atomic E-state index is 12.7. The third kappa shape index (κ3) is 5.32. The SMILES string of the molecule is Cl.NC1C2CCCC1CC(C(=O)NCc1cccc(NC(=O)C3CCCC3)c1)C2. The molecule has 29 heavy (non-hydrogen) atoms. The van der Waals surface area contributed by atoms with Crippen molar-refractivity contribution in [2.45, 2.75) is 70.4 Å². The van der Waals surface area contributed by atoms with E-state index in [1.807, 2.05) is 24.3 Å². The van der Waals surface area contributed by atoms with E-state index in [0.717, 1.165) is 49.8 Å². The van der Waals surface area contributed by atoms with Crippen LogP contribution < -0.4 is 16.4 Å². The quantitative estimate of drug-likeness (QED) is 0.674. The van der Waals surface area contributed by atoms with Gasteiger partial charge >= 0.3 is 0 Å². The van der Waals surface area contributed by atoms with Gasteiger partial charge in [0.1, 0.15) is 0 Å². The Kier molecular flexibility index (Phi) is 7.58. The number of benzene rings is 1. The topological polar surface area (TPSA) is 84.2 Å². The van der Waals surface area contributed by atoms with Gasteiger partial charge in [-0.3, -0.25) is 9.59 Å². The number of hydrogen-bond donors (Lipinski definition) is 3. The van der Waals surface area contributed by atoms with Crippen LogP contribution in [-0.4, -0.2) is 17.9 Å². The molecule has 3 aliphatic rings. The van der Waals surface area contributed by atoms with E-state index in [-0.39, 0.29) is 42.1 Å². The number of amides is 2. The van der Waals surface area contributed by atoms with E-state index >= 15 is 0 Å². The minimum atomic E-state index is 0. The molecule has 4 N–H and O–H groups in total. The third-order valence-electron chi connectivity index (χ3n) is 7.17. The number of rotatable bonds is 5. The highest BCUT2D eigenvalue weighted by molar-refractivity contribution is 5.92. The molecule has 3 fully saturated rings. The largest absolute Gasteiger partial charge is 0.352 e. The first-order chi connectivity index (χ1) is 13.6. The van der Waals surface area contributed by atoms with Gasteiger partial charge in [0.05, 0.1) is 0 Å². The van der Waals surface area contributed by atoms with Crippen molar-refractivity contribution in [3.05, 3.63) is 29.8 Å². The predicted octanol–water partition coefficient (Wildman–Crippen LogP) is 4.01. The molecule has 0 spiro atoms. The van der Waals surface area contributed by atoms with Gasteiger partial charge in [0.2, 0.25) is 11.8 Å². The predicted molar refractivity (Wildman–Crippen MR) is 118 cm³/mol. The molecule has 5 nitrogen and oxygen atoms in total. The lowest BCUT2D eigenvalue weighted by Gasteiger charge is -2.43. The second kappa shape index (κ2) is 9.94. The molecule has 0 heterocycles. The summed E-state index contributed by atoms with van der Waals surface area (Å²) in [4.78, 5) is 25.1. The Morgan fingerprint density at radius 2 is 1.62 bits per heavy atom. The smallest absolute Gasteiger partial charge is 0.227 e. The zero-order valence-electron chi connectivity index (χ0n) is 17.1. The molecule has 1 aromatic rings. The standard InChI is InChI=1S/C23H33N3O2.ClH/c24-21-17-8-4-9-18(21)13-19(12-17)22(27)25-14-15-5-3-10-20(11-15)26-23(28)16-6-1-2-7-16;/h3,5,10-11,16-19,21H,1-2,4,6-9,12-14,24H2,(H,25,27)(H,26,28);1H. The molecule has 4 rings (SSSR count). The van der Waals surface area contributed by atoms with Gasteiger partial charge in [0.15, 0.2) is 0 Å². The average molecular weight is 420 g/mol. The number of nitrogens with one attached hydrogen (secondary N) is 2. The lowest BCUT2D eigenvalue weighted by Crippen LogP contribution is -2.49. The molecular weight excluding hydrogens is 386 g/mol. The number of anilines is 1. The summed E-state index contributed by atoms with van der Waals surface area (Å²) in [7, 11) is 0. The normalized spacial score (nSPS) is 29.0. The molecule has 0 radical (unpaired) electrons. The summed E-state index contributed by atoms with van der Waals surface area (Å²) in [5, 5.41) is 6.16. The first kappa shape index (κ1) is 22.1. The fourth-order valence-corrected chi connectivity index (χ4v) is 5.53. The number of carbonyl (C=O) groups excluding carboxylic acids is 2. The Morgan fingerprint density at radius 1 is 0.931 bits per heavy atom. The molecule has 0 aliphatic heterocycles. The van der Waals surface area contributed by atoms with Crippen molar-refractivity contribution in [1.29, 1.82) is 0 Å². The summed E-state index contributed by atoms with van der Waals surface area (Å²) >= 11 is 0. The zero-order valence-corrected chi connectivity index (χ0v) is 17.9. The average Bonchev–Trinajstić information content (AvgIpc) is 3.21. The van der Waals surface area contributed by atoms with Crippen LogP contribution in [0.3, 0.4) is 0 Å². The Balaban J connectivity index is 0.00000240. The van der Waals surface area contributed by atoms with Crippen LogP contribution >= 0.6 is 12.4 Å². The highest BCUT2D eigenvalue weighted by Gasteiger charge is 2.40. The number of carbonyl (C=O) groups is 2. The van der Waals surface area contributed by atoms with Gasteiger partial charge in [-0.05, 0) is 68.1 Å². The molecule has 6 heteroatoms. The van der Waals surface area contributed by atoms with Crippen molar-refractivity contribution >= 4 is 29.9 Å². The second-order valence-electron chi connectivity index (χ2n) is 9.09. The van der Waals surface area contributed by atoms with E-state index in [4.69, 9.17) is 5.73 Å².